The summed E-state index contributed by atoms with van der Waals surface area (Å²) in [6, 6.07) is 7.90. The summed E-state index contributed by atoms with van der Waals surface area (Å²) in [4.78, 5) is 23.9. The maximum absolute atomic E-state index is 13.5. The van der Waals surface area contributed by atoms with E-state index in [1.54, 1.807) is 25.1 Å². The highest BCUT2D eigenvalue weighted by molar-refractivity contribution is 7.13. The van der Waals surface area contributed by atoms with Gasteiger partial charge in [-0.3, -0.25) is 9.48 Å². The van der Waals surface area contributed by atoms with Crippen LogP contribution in [-0.2, 0) is 24.2 Å². The average Bonchev–Trinajstić information content (AvgIpc) is 3.45. The minimum absolute atomic E-state index is 0.187. The first-order valence-corrected chi connectivity index (χ1v) is 10.9. The van der Waals surface area contributed by atoms with Crippen molar-refractivity contribution in [3.8, 4) is 0 Å². The van der Waals surface area contributed by atoms with E-state index in [1.165, 1.54) is 23.0 Å². The van der Waals surface area contributed by atoms with Crippen molar-refractivity contribution in [1.82, 2.24) is 30.1 Å². The Morgan fingerprint density at radius 2 is 1.88 bits per heavy atom. The number of alkyl halides is 3. The molecule has 0 fully saturated rings. The van der Waals surface area contributed by atoms with Crippen molar-refractivity contribution in [3.05, 3.63) is 57.8 Å². The molecule has 0 spiro atoms. The summed E-state index contributed by atoms with van der Waals surface area (Å²) < 4.78 is 46.6. The molecule has 9 nitrogen and oxygen atoms in total. The second-order valence-electron chi connectivity index (χ2n) is 6.89. The predicted octanol–water partition coefficient (Wildman–Crippen LogP) is 3.49. The van der Waals surface area contributed by atoms with Gasteiger partial charge in [0.1, 0.15) is 5.01 Å². The van der Waals surface area contributed by atoms with Crippen LogP contribution in [0.4, 0.5) is 13.2 Å². The monoisotopic (exact) mass is 482 g/mol. The number of carbonyl (C=O) groups is 2. The molecule has 0 N–H and O–H groups in total. The fourth-order valence-corrected chi connectivity index (χ4v) is 3.64. The average molecular weight is 482 g/mol. The molecular formula is C20H21F3N6O3S. The van der Waals surface area contributed by atoms with E-state index in [1.807, 2.05) is 0 Å². The van der Waals surface area contributed by atoms with Gasteiger partial charge in [0, 0.05) is 13.0 Å². The fraction of sp³-hybridized carbons (Fsp3) is 0.400. The van der Waals surface area contributed by atoms with Crippen molar-refractivity contribution >= 4 is 23.2 Å². The Balaban J connectivity index is 1.53. The lowest BCUT2D eigenvalue weighted by Crippen LogP contribution is -2.42. The third kappa shape index (κ3) is 6.81. The van der Waals surface area contributed by atoms with Crippen LogP contribution in [0.2, 0.25) is 0 Å². The van der Waals surface area contributed by atoms with Crippen LogP contribution in [0, 0.1) is 0 Å². The Hall–Kier alpha value is -3.35. The van der Waals surface area contributed by atoms with E-state index in [0.29, 0.717) is 36.4 Å². The van der Waals surface area contributed by atoms with Gasteiger partial charge in [-0.05, 0) is 25.3 Å². The van der Waals surface area contributed by atoms with Crippen LogP contribution < -0.4 is 0 Å². The zero-order chi connectivity index (χ0) is 23.8. The van der Waals surface area contributed by atoms with Gasteiger partial charge >= 0.3 is 12.3 Å². The topological polar surface area (TPSA) is 103 Å². The van der Waals surface area contributed by atoms with Crippen molar-refractivity contribution in [2.45, 2.75) is 45.6 Å². The zero-order valence-corrected chi connectivity index (χ0v) is 18.5. The molecule has 3 rings (SSSR count). The largest absolute Gasteiger partial charge is 0.487 e. The van der Waals surface area contributed by atoms with Gasteiger partial charge in [-0.15, -0.1) is 28.5 Å². The van der Waals surface area contributed by atoms with E-state index in [0.717, 1.165) is 11.3 Å². The molecule has 0 unspecified atom stereocenters. The summed E-state index contributed by atoms with van der Waals surface area (Å²) in [5, 5.41) is 16.0. The molecule has 2 aromatic heterocycles. The first-order valence-electron chi connectivity index (χ1n) is 10.1. The van der Waals surface area contributed by atoms with Crippen LogP contribution in [0.1, 0.15) is 50.6 Å². The summed E-state index contributed by atoms with van der Waals surface area (Å²) >= 11 is 1.15. The Labute approximate surface area is 191 Å². The van der Waals surface area contributed by atoms with Gasteiger partial charge in [0.15, 0.2) is 5.69 Å². The van der Waals surface area contributed by atoms with Crippen molar-refractivity contribution < 1.29 is 27.5 Å². The van der Waals surface area contributed by atoms with Crippen LogP contribution in [0.3, 0.4) is 0 Å². The fourth-order valence-electron chi connectivity index (χ4n) is 2.87. The molecule has 0 saturated heterocycles. The Morgan fingerprint density at radius 1 is 1.12 bits per heavy atom. The molecule has 0 radical (unpaired) electrons. The normalized spacial score (nSPS) is 11.4. The summed E-state index contributed by atoms with van der Waals surface area (Å²) in [7, 11) is 0. The number of benzene rings is 1. The Bertz CT molecular complexity index is 1070. The number of unbranched alkanes of at least 4 members (excludes halogenated alkanes) is 1. The highest BCUT2D eigenvalue weighted by Gasteiger charge is 2.42. The molecule has 1 amide bonds. The van der Waals surface area contributed by atoms with Gasteiger partial charge in [0.25, 0.3) is 5.91 Å². The molecule has 33 heavy (non-hydrogen) atoms. The summed E-state index contributed by atoms with van der Waals surface area (Å²) in [6.07, 6.45) is -1.81. The first kappa shape index (κ1) is 24.3. The summed E-state index contributed by atoms with van der Waals surface area (Å²) in [6.45, 7) is 1.69. The maximum atomic E-state index is 13.5. The van der Waals surface area contributed by atoms with E-state index in [4.69, 9.17) is 4.74 Å². The van der Waals surface area contributed by atoms with Gasteiger partial charge in [-0.2, -0.15) is 0 Å². The van der Waals surface area contributed by atoms with Crippen LogP contribution in [0.5, 0.6) is 0 Å². The minimum Gasteiger partial charge on any atom is -0.461 e. The van der Waals surface area contributed by atoms with E-state index in [9.17, 15) is 22.8 Å². The van der Waals surface area contributed by atoms with Crippen molar-refractivity contribution in [3.63, 3.8) is 0 Å². The Kier molecular flexibility index (Phi) is 8.09. The van der Waals surface area contributed by atoms with Gasteiger partial charge in [-0.1, -0.05) is 46.9 Å². The highest BCUT2D eigenvalue weighted by atomic mass is 32.1. The molecule has 176 valence electrons. The van der Waals surface area contributed by atoms with Gasteiger partial charge in [-0.25, -0.2) is 9.69 Å². The van der Waals surface area contributed by atoms with Crippen LogP contribution in [0.15, 0.2) is 36.5 Å². The zero-order valence-electron chi connectivity index (χ0n) is 17.7. The molecule has 0 aliphatic carbocycles. The van der Waals surface area contributed by atoms with Crippen molar-refractivity contribution in [2.75, 3.05) is 6.61 Å². The number of rotatable bonds is 10. The van der Waals surface area contributed by atoms with Crippen LogP contribution in [-0.4, -0.2) is 54.9 Å². The summed E-state index contributed by atoms with van der Waals surface area (Å²) in [5.41, 5.74) is -0.0372. The number of esters is 1. The predicted molar refractivity (Wildman–Crippen MR) is 111 cm³/mol. The first-order chi connectivity index (χ1) is 15.8. The van der Waals surface area contributed by atoms with E-state index >= 15 is 0 Å². The third-order valence-electron chi connectivity index (χ3n) is 4.44. The molecular weight excluding hydrogens is 461 g/mol. The third-order valence-corrected chi connectivity index (χ3v) is 5.40. The molecule has 2 heterocycles. The van der Waals surface area contributed by atoms with Gasteiger partial charge in [0.05, 0.1) is 19.3 Å². The van der Waals surface area contributed by atoms with Crippen LogP contribution >= 0.6 is 11.3 Å². The minimum atomic E-state index is -4.86. The molecule has 0 atom stereocenters. The van der Waals surface area contributed by atoms with Crippen molar-refractivity contribution in [2.24, 2.45) is 0 Å². The molecule has 13 heteroatoms. The van der Waals surface area contributed by atoms with Crippen LogP contribution in [0.25, 0.3) is 0 Å². The number of amides is 1. The lowest BCUT2D eigenvalue weighted by Gasteiger charge is -2.24. The Morgan fingerprint density at radius 3 is 2.58 bits per heavy atom. The molecule has 0 aliphatic heterocycles. The molecule has 3 aromatic rings. The van der Waals surface area contributed by atoms with E-state index in [-0.39, 0.29) is 22.2 Å². The quantitative estimate of drug-likeness (QED) is 0.248. The van der Waals surface area contributed by atoms with Gasteiger partial charge < -0.3 is 4.74 Å². The lowest BCUT2D eigenvalue weighted by atomic mass is 10.2. The summed E-state index contributed by atoms with van der Waals surface area (Å²) in [5.74, 6) is -1.78. The highest BCUT2D eigenvalue weighted by Crippen LogP contribution is 2.25. The number of ether oxygens (including phenoxy) is 1. The van der Waals surface area contributed by atoms with Crippen molar-refractivity contribution in [1.29, 1.82) is 0 Å². The number of hydrogen-bond donors (Lipinski definition) is 0. The second kappa shape index (κ2) is 11.0. The lowest BCUT2D eigenvalue weighted by molar-refractivity contribution is -0.228. The van der Waals surface area contributed by atoms with Gasteiger partial charge in [0.2, 0.25) is 5.01 Å². The molecule has 0 aliphatic rings. The SMILES string of the molecule is CCOC(=O)c1nnc(CCCCn2cc(C(=O)N(Cc3ccccc3)C(F)(F)F)nn2)s1. The smallest absolute Gasteiger partial charge is 0.461 e. The number of hydrogen-bond acceptors (Lipinski definition) is 8. The molecule has 0 bridgehead atoms. The van der Waals surface area contributed by atoms with E-state index in [2.05, 4.69) is 20.5 Å². The molecule has 0 saturated carbocycles. The molecule has 1 aromatic carbocycles. The number of carbonyl (C=O) groups excluding carboxylic acids is 2. The standard InChI is InChI=1S/C20H21F3N6O3S/c1-2-32-19(31)17-26-25-16(33-17)10-6-7-11-28-13-15(24-27-28)18(30)29(20(21,22)23)12-14-8-4-3-5-9-14/h3-5,8-9,13H,2,6-7,10-12H2,1H3. The number of halogens is 3. The van der Waals surface area contributed by atoms with E-state index < -0.39 is 24.7 Å². The number of aromatic nitrogens is 5. The number of nitrogens with zero attached hydrogens (tertiary/aromatic N) is 6. The maximum Gasteiger partial charge on any atom is 0.487 e. The second-order valence-corrected chi connectivity index (χ2v) is 7.95. The number of aryl methyl sites for hydroxylation is 2.